The molecule has 24 heavy (non-hydrogen) atoms. The highest BCUT2D eigenvalue weighted by molar-refractivity contribution is 7.89. The number of carbonyl (C=O) groups is 1. The Morgan fingerprint density at radius 2 is 1.79 bits per heavy atom. The largest absolute Gasteiger partial charge is 0.359 e. The van der Waals surface area contributed by atoms with Crippen LogP contribution in [-0.4, -0.2) is 38.8 Å². The Labute approximate surface area is 145 Å². The van der Waals surface area contributed by atoms with Crippen molar-refractivity contribution in [3.63, 3.8) is 0 Å². The number of hydrogen-bond donors (Lipinski definition) is 1. The standard InChI is InChI=1S/C18H28N2O3S/c1-13-6-7-15(18(2,3)4)12-16(13)24(22,23)20-10-8-14(9-11-20)17(21)19-5/h6-7,12,14H,8-11H2,1-5H3,(H,19,21). The van der Waals surface area contributed by atoms with Crippen LogP contribution in [0.3, 0.4) is 0 Å². The summed E-state index contributed by atoms with van der Waals surface area (Å²) in [5.41, 5.74) is 1.66. The number of carbonyl (C=O) groups excluding carboxylic acids is 1. The Hall–Kier alpha value is -1.40. The lowest BCUT2D eigenvalue weighted by Crippen LogP contribution is -2.42. The number of sulfonamides is 1. The van der Waals surface area contributed by atoms with E-state index in [1.807, 2.05) is 19.1 Å². The van der Waals surface area contributed by atoms with Crippen LogP contribution in [0.1, 0.15) is 44.7 Å². The van der Waals surface area contributed by atoms with Gasteiger partial charge in [-0.3, -0.25) is 4.79 Å². The first-order valence-electron chi connectivity index (χ1n) is 8.40. The third kappa shape index (κ3) is 3.81. The van der Waals surface area contributed by atoms with E-state index < -0.39 is 10.0 Å². The molecule has 0 spiro atoms. The SMILES string of the molecule is CNC(=O)C1CCN(S(=O)(=O)c2cc(C(C)(C)C)ccc2C)CC1. The number of nitrogens with zero attached hydrogens (tertiary/aromatic N) is 1. The van der Waals surface area contributed by atoms with E-state index in [9.17, 15) is 13.2 Å². The van der Waals surface area contributed by atoms with E-state index in [4.69, 9.17) is 0 Å². The molecule has 1 fully saturated rings. The van der Waals surface area contributed by atoms with Gasteiger partial charge < -0.3 is 5.32 Å². The van der Waals surface area contributed by atoms with Crippen molar-refractivity contribution < 1.29 is 13.2 Å². The van der Waals surface area contributed by atoms with Gasteiger partial charge in [-0.15, -0.1) is 0 Å². The molecule has 0 atom stereocenters. The summed E-state index contributed by atoms with van der Waals surface area (Å²) in [5, 5.41) is 2.65. The highest BCUT2D eigenvalue weighted by atomic mass is 32.2. The summed E-state index contributed by atoms with van der Waals surface area (Å²) in [7, 11) is -1.91. The molecule has 1 aromatic carbocycles. The predicted molar refractivity (Wildman–Crippen MR) is 95.4 cm³/mol. The summed E-state index contributed by atoms with van der Waals surface area (Å²) >= 11 is 0. The van der Waals surface area contributed by atoms with Gasteiger partial charge in [-0.25, -0.2) is 8.42 Å². The van der Waals surface area contributed by atoms with Crippen LogP contribution in [0.15, 0.2) is 23.1 Å². The van der Waals surface area contributed by atoms with E-state index in [1.54, 1.807) is 13.1 Å². The van der Waals surface area contributed by atoms with Crippen LogP contribution in [0.4, 0.5) is 0 Å². The highest BCUT2D eigenvalue weighted by Crippen LogP contribution is 2.30. The minimum Gasteiger partial charge on any atom is -0.359 e. The van der Waals surface area contributed by atoms with Gasteiger partial charge in [0.25, 0.3) is 0 Å². The first-order chi connectivity index (χ1) is 11.1. The number of benzene rings is 1. The summed E-state index contributed by atoms with van der Waals surface area (Å²) in [4.78, 5) is 12.1. The smallest absolute Gasteiger partial charge is 0.243 e. The van der Waals surface area contributed by atoms with E-state index >= 15 is 0 Å². The van der Waals surface area contributed by atoms with E-state index in [-0.39, 0.29) is 17.2 Å². The van der Waals surface area contributed by atoms with Crippen LogP contribution in [0, 0.1) is 12.8 Å². The lowest BCUT2D eigenvalue weighted by Gasteiger charge is -2.31. The summed E-state index contributed by atoms with van der Waals surface area (Å²) in [6, 6.07) is 5.67. The Morgan fingerprint density at radius 1 is 1.21 bits per heavy atom. The van der Waals surface area contributed by atoms with Crippen molar-refractivity contribution >= 4 is 15.9 Å². The number of rotatable bonds is 3. The summed E-state index contributed by atoms with van der Waals surface area (Å²) in [6.07, 6.45) is 1.13. The second kappa shape index (κ2) is 6.84. The van der Waals surface area contributed by atoms with Gasteiger partial charge in [0.2, 0.25) is 15.9 Å². The van der Waals surface area contributed by atoms with E-state index in [1.165, 1.54) is 4.31 Å². The van der Waals surface area contributed by atoms with Crippen molar-refractivity contribution in [1.29, 1.82) is 0 Å². The van der Waals surface area contributed by atoms with Crippen molar-refractivity contribution in [2.75, 3.05) is 20.1 Å². The van der Waals surface area contributed by atoms with Crippen LogP contribution in [0.25, 0.3) is 0 Å². The quantitative estimate of drug-likeness (QED) is 0.908. The van der Waals surface area contributed by atoms with Gasteiger partial charge in [0.15, 0.2) is 0 Å². The van der Waals surface area contributed by atoms with Crippen LogP contribution in [0.2, 0.25) is 0 Å². The molecule has 0 saturated carbocycles. The van der Waals surface area contributed by atoms with Gasteiger partial charge in [-0.05, 0) is 42.4 Å². The second-order valence-electron chi connectivity index (χ2n) is 7.52. The van der Waals surface area contributed by atoms with Gasteiger partial charge in [-0.1, -0.05) is 32.9 Å². The fraction of sp³-hybridized carbons (Fsp3) is 0.611. The maximum absolute atomic E-state index is 13.1. The molecule has 1 saturated heterocycles. The minimum atomic E-state index is -3.53. The first-order valence-corrected chi connectivity index (χ1v) is 9.84. The van der Waals surface area contributed by atoms with Crippen LogP contribution < -0.4 is 5.32 Å². The third-order valence-electron chi connectivity index (χ3n) is 4.74. The normalized spacial score (nSPS) is 17.7. The molecule has 1 aliphatic rings. The number of piperidine rings is 1. The fourth-order valence-electron chi connectivity index (χ4n) is 3.05. The first kappa shape index (κ1) is 18.9. The molecule has 1 heterocycles. The number of hydrogen-bond acceptors (Lipinski definition) is 3. The topological polar surface area (TPSA) is 66.5 Å². The zero-order valence-corrected chi connectivity index (χ0v) is 16.0. The van der Waals surface area contributed by atoms with Gasteiger partial charge in [-0.2, -0.15) is 4.31 Å². The van der Waals surface area contributed by atoms with Gasteiger partial charge in [0.05, 0.1) is 4.90 Å². The van der Waals surface area contributed by atoms with Crippen LogP contribution in [-0.2, 0) is 20.2 Å². The summed E-state index contributed by atoms with van der Waals surface area (Å²) in [6.45, 7) is 8.82. The second-order valence-corrected chi connectivity index (χ2v) is 9.43. The van der Waals surface area contributed by atoms with Crippen LogP contribution >= 0.6 is 0 Å². The average Bonchev–Trinajstić information content (AvgIpc) is 2.53. The molecule has 134 valence electrons. The maximum atomic E-state index is 13.1. The Balaban J connectivity index is 2.27. The van der Waals surface area contributed by atoms with E-state index in [2.05, 4.69) is 26.1 Å². The predicted octanol–water partition coefficient (Wildman–Crippen LogP) is 2.44. The molecule has 2 rings (SSSR count). The molecule has 0 aliphatic carbocycles. The molecular formula is C18H28N2O3S. The molecule has 1 aromatic rings. The molecule has 0 aromatic heterocycles. The Morgan fingerprint density at radius 3 is 2.29 bits per heavy atom. The van der Waals surface area contributed by atoms with E-state index in [0.29, 0.717) is 30.8 Å². The summed E-state index contributed by atoms with van der Waals surface area (Å²) < 4.78 is 27.6. The minimum absolute atomic E-state index is 0.00189. The molecule has 0 unspecified atom stereocenters. The van der Waals surface area contributed by atoms with Crippen molar-refractivity contribution in [2.24, 2.45) is 5.92 Å². The molecule has 0 bridgehead atoms. The summed E-state index contributed by atoms with van der Waals surface area (Å²) in [5.74, 6) is -0.0959. The highest BCUT2D eigenvalue weighted by Gasteiger charge is 2.33. The molecule has 6 heteroatoms. The van der Waals surface area contributed by atoms with Crippen molar-refractivity contribution in [3.8, 4) is 0 Å². The molecule has 1 amide bonds. The third-order valence-corrected chi connectivity index (χ3v) is 6.78. The number of nitrogens with one attached hydrogen (secondary N) is 1. The monoisotopic (exact) mass is 352 g/mol. The number of aryl methyl sites for hydroxylation is 1. The molecule has 1 N–H and O–H groups in total. The lowest BCUT2D eigenvalue weighted by atomic mass is 9.87. The van der Waals surface area contributed by atoms with Crippen molar-refractivity contribution in [1.82, 2.24) is 9.62 Å². The molecule has 5 nitrogen and oxygen atoms in total. The van der Waals surface area contributed by atoms with Crippen molar-refractivity contribution in [2.45, 2.75) is 50.8 Å². The lowest BCUT2D eigenvalue weighted by molar-refractivity contribution is -0.125. The molecule has 0 radical (unpaired) electrons. The fourth-order valence-corrected chi connectivity index (χ4v) is 4.77. The Bertz CT molecular complexity index is 712. The van der Waals surface area contributed by atoms with E-state index in [0.717, 1.165) is 11.1 Å². The average molecular weight is 353 g/mol. The van der Waals surface area contributed by atoms with Gasteiger partial charge in [0.1, 0.15) is 0 Å². The van der Waals surface area contributed by atoms with Crippen LogP contribution in [0.5, 0.6) is 0 Å². The molecule has 1 aliphatic heterocycles. The Kier molecular flexibility index (Phi) is 5.40. The zero-order chi connectivity index (χ0) is 18.1. The zero-order valence-electron chi connectivity index (χ0n) is 15.2. The van der Waals surface area contributed by atoms with Gasteiger partial charge >= 0.3 is 0 Å². The van der Waals surface area contributed by atoms with Crippen molar-refractivity contribution in [3.05, 3.63) is 29.3 Å². The number of amides is 1. The molecular weight excluding hydrogens is 324 g/mol. The van der Waals surface area contributed by atoms with Gasteiger partial charge in [0, 0.05) is 26.1 Å². The maximum Gasteiger partial charge on any atom is 0.243 e.